The molecular formula is C16H19ClN4O. The second-order valence-electron chi connectivity index (χ2n) is 5.41. The van der Waals surface area contributed by atoms with Crippen molar-refractivity contribution in [3.63, 3.8) is 0 Å². The number of halogens is 1. The molecule has 1 aliphatic carbocycles. The molecule has 1 heterocycles. The Kier molecular flexibility index (Phi) is 4.63. The van der Waals surface area contributed by atoms with E-state index >= 15 is 0 Å². The summed E-state index contributed by atoms with van der Waals surface area (Å²) < 4.78 is 2.00. The summed E-state index contributed by atoms with van der Waals surface area (Å²) in [6, 6.07) is 6.91. The summed E-state index contributed by atoms with van der Waals surface area (Å²) >= 11 is 6.01. The van der Waals surface area contributed by atoms with Crippen LogP contribution in [-0.2, 0) is 19.4 Å². The van der Waals surface area contributed by atoms with E-state index in [2.05, 4.69) is 15.7 Å². The first-order valence-electron chi connectivity index (χ1n) is 7.57. The highest BCUT2D eigenvalue weighted by Crippen LogP contribution is 2.21. The lowest BCUT2D eigenvalue weighted by Gasteiger charge is -2.14. The maximum absolute atomic E-state index is 11.9. The van der Waals surface area contributed by atoms with Crippen molar-refractivity contribution in [3.05, 3.63) is 46.7 Å². The van der Waals surface area contributed by atoms with Crippen LogP contribution < -0.4 is 10.6 Å². The van der Waals surface area contributed by atoms with Crippen molar-refractivity contribution in [2.75, 3.05) is 11.9 Å². The second-order valence-corrected chi connectivity index (χ2v) is 5.81. The van der Waals surface area contributed by atoms with Crippen LogP contribution in [0.2, 0.25) is 5.02 Å². The molecule has 0 atom stereocenters. The predicted octanol–water partition coefficient (Wildman–Crippen LogP) is 3.24. The number of nitrogens with zero attached hydrogens (tertiary/aromatic N) is 2. The number of carbonyl (C=O) groups excluding carboxylic acids is 1. The summed E-state index contributed by atoms with van der Waals surface area (Å²) in [6.45, 7) is 1.22. The van der Waals surface area contributed by atoms with Crippen LogP contribution in [-0.4, -0.2) is 22.4 Å². The highest BCUT2D eigenvalue weighted by molar-refractivity contribution is 6.33. The van der Waals surface area contributed by atoms with Gasteiger partial charge in [-0.3, -0.25) is 4.68 Å². The molecule has 1 aromatic heterocycles. The van der Waals surface area contributed by atoms with E-state index in [1.807, 2.05) is 23.0 Å². The van der Waals surface area contributed by atoms with Gasteiger partial charge in [0.2, 0.25) is 0 Å². The van der Waals surface area contributed by atoms with Crippen LogP contribution in [0.3, 0.4) is 0 Å². The highest BCUT2D eigenvalue weighted by Gasteiger charge is 2.14. The molecule has 0 spiro atoms. The molecule has 0 unspecified atom stereocenters. The van der Waals surface area contributed by atoms with E-state index in [9.17, 15) is 4.79 Å². The number of fused-ring (bicyclic) bond motifs is 1. The topological polar surface area (TPSA) is 59.0 Å². The minimum absolute atomic E-state index is 0.255. The van der Waals surface area contributed by atoms with Gasteiger partial charge in [0.05, 0.1) is 23.5 Å². The van der Waals surface area contributed by atoms with Gasteiger partial charge in [-0.1, -0.05) is 23.7 Å². The monoisotopic (exact) mass is 318 g/mol. The molecule has 3 rings (SSSR count). The number of rotatable bonds is 4. The Morgan fingerprint density at radius 3 is 2.95 bits per heavy atom. The summed E-state index contributed by atoms with van der Waals surface area (Å²) in [5, 5.41) is 10.5. The van der Waals surface area contributed by atoms with Crippen LogP contribution in [0, 0.1) is 0 Å². The molecule has 6 heteroatoms. The van der Waals surface area contributed by atoms with Crippen molar-refractivity contribution in [1.29, 1.82) is 0 Å². The first-order chi connectivity index (χ1) is 10.7. The fourth-order valence-electron chi connectivity index (χ4n) is 2.75. The first-order valence-corrected chi connectivity index (χ1v) is 7.95. The lowest BCUT2D eigenvalue weighted by Crippen LogP contribution is -2.32. The fourth-order valence-corrected chi connectivity index (χ4v) is 2.94. The molecule has 2 aromatic rings. The van der Waals surface area contributed by atoms with Crippen molar-refractivity contribution in [2.45, 2.75) is 32.2 Å². The van der Waals surface area contributed by atoms with Crippen LogP contribution in [0.4, 0.5) is 10.5 Å². The average molecular weight is 319 g/mol. The predicted molar refractivity (Wildman–Crippen MR) is 87.3 cm³/mol. The van der Waals surface area contributed by atoms with Crippen LogP contribution in [0.15, 0.2) is 30.5 Å². The standard InChI is InChI=1S/C16H19ClN4O/c17-13-6-2-3-7-14(13)20-16(22)18-9-10-21-15-8-4-1-5-12(15)11-19-21/h2-3,6-7,11H,1,4-5,8-10H2,(H2,18,20,22). The molecule has 2 amide bonds. The zero-order chi connectivity index (χ0) is 15.4. The van der Waals surface area contributed by atoms with Gasteiger partial charge in [0.25, 0.3) is 0 Å². The molecule has 0 bridgehead atoms. The number of amides is 2. The number of aromatic nitrogens is 2. The summed E-state index contributed by atoms with van der Waals surface area (Å²) in [5.74, 6) is 0. The number of nitrogens with one attached hydrogen (secondary N) is 2. The van der Waals surface area contributed by atoms with Gasteiger partial charge in [0.15, 0.2) is 0 Å². The number of carbonyl (C=O) groups is 1. The summed E-state index contributed by atoms with van der Waals surface area (Å²) in [4.78, 5) is 11.9. The van der Waals surface area contributed by atoms with Crippen molar-refractivity contribution in [2.24, 2.45) is 0 Å². The van der Waals surface area contributed by atoms with E-state index in [0.717, 1.165) is 12.8 Å². The zero-order valence-corrected chi connectivity index (χ0v) is 13.1. The van der Waals surface area contributed by atoms with Crippen molar-refractivity contribution >= 4 is 23.3 Å². The smallest absolute Gasteiger partial charge is 0.319 e. The van der Waals surface area contributed by atoms with Gasteiger partial charge in [-0.15, -0.1) is 0 Å². The minimum atomic E-state index is -0.255. The van der Waals surface area contributed by atoms with Crippen molar-refractivity contribution in [1.82, 2.24) is 15.1 Å². The zero-order valence-electron chi connectivity index (χ0n) is 12.3. The fraction of sp³-hybridized carbons (Fsp3) is 0.375. The average Bonchev–Trinajstić information content (AvgIpc) is 2.93. The number of hydrogen-bond acceptors (Lipinski definition) is 2. The van der Waals surface area contributed by atoms with E-state index in [0.29, 0.717) is 23.8 Å². The molecule has 22 heavy (non-hydrogen) atoms. The molecule has 0 radical (unpaired) electrons. The number of anilines is 1. The summed E-state index contributed by atoms with van der Waals surface area (Å²) in [7, 11) is 0. The quantitative estimate of drug-likeness (QED) is 0.909. The van der Waals surface area contributed by atoms with Gasteiger partial charge < -0.3 is 10.6 Å². The van der Waals surface area contributed by atoms with E-state index in [-0.39, 0.29) is 6.03 Å². The Labute approximate surface area is 134 Å². The number of hydrogen-bond donors (Lipinski definition) is 2. The van der Waals surface area contributed by atoms with E-state index in [4.69, 9.17) is 11.6 Å². The second kappa shape index (κ2) is 6.83. The first kappa shape index (κ1) is 14.9. The molecule has 0 fully saturated rings. The number of benzene rings is 1. The Hall–Kier alpha value is -2.01. The largest absolute Gasteiger partial charge is 0.336 e. The number of aryl methyl sites for hydroxylation is 1. The van der Waals surface area contributed by atoms with Crippen LogP contribution in [0.1, 0.15) is 24.1 Å². The number of para-hydroxylation sites is 1. The van der Waals surface area contributed by atoms with E-state index < -0.39 is 0 Å². The van der Waals surface area contributed by atoms with E-state index in [1.165, 1.54) is 24.1 Å². The van der Waals surface area contributed by atoms with Gasteiger partial charge in [0.1, 0.15) is 0 Å². The molecule has 0 aliphatic heterocycles. The van der Waals surface area contributed by atoms with Gasteiger partial charge in [-0.25, -0.2) is 4.79 Å². The Morgan fingerprint density at radius 2 is 2.09 bits per heavy atom. The van der Waals surface area contributed by atoms with Gasteiger partial charge >= 0.3 is 6.03 Å². The maximum Gasteiger partial charge on any atom is 0.319 e. The lowest BCUT2D eigenvalue weighted by atomic mass is 9.98. The Bertz CT molecular complexity index is 668. The molecule has 5 nitrogen and oxygen atoms in total. The van der Waals surface area contributed by atoms with Crippen molar-refractivity contribution < 1.29 is 4.79 Å². The molecule has 2 N–H and O–H groups in total. The minimum Gasteiger partial charge on any atom is -0.336 e. The van der Waals surface area contributed by atoms with Gasteiger partial charge in [0, 0.05) is 12.2 Å². The summed E-state index contributed by atoms with van der Waals surface area (Å²) in [6.07, 6.45) is 6.63. The Morgan fingerprint density at radius 1 is 1.27 bits per heavy atom. The SMILES string of the molecule is O=C(NCCn1ncc2c1CCCC2)Nc1ccccc1Cl. The van der Waals surface area contributed by atoms with E-state index in [1.54, 1.807) is 12.1 Å². The van der Waals surface area contributed by atoms with Crippen LogP contribution in [0.5, 0.6) is 0 Å². The molecular weight excluding hydrogens is 300 g/mol. The highest BCUT2D eigenvalue weighted by atomic mass is 35.5. The van der Waals surface area contributed by atoms with Gasteiger partial charge in [-0.05, 0) is 43.4 Å². The molecule has 0 saturated carbocycles. The maximum atomic E-state index is 11.9. The third-order valence-electron chi connectivity index (χ3n) is 3.88. The number of urea groups is 1. The lowest BCUT2D eigenvalue weighted by molar-refractivity contribution is 0.251. The van der Waals surface area contributed by atoms with Crippen LogP contribution >= 0.6 is 11.6 Å². The third-order valence-corrected chi connectivity index (χ3v) is 4.21. The molecule has 1 aliphatic rings. The summed E-state index contributed by atoms with van der Waals surface area (Å²) in [5.41, 5.74) is 3.28. The molecule has 1 aromatic carbocycles. The molecule has 0 saturated heterocycles. The van der Waals surface area contributed by atoms with Crippen LogP contribution in [0.25, 0.3) is 0 Å². The molecule has 116 valence electrons. The normalized spacial score (nSPS) is 13.5. The third kappa shape index (κ3) is 3.42. The van der Waals surface area contributed by atoms with Gasteiger partial charge in [-0.2, -0.15) is 5.10 Å². The Balaban J connectivity index is 1.50. The van der Waals surface area contributed by atoms with Crippen molar-refractivity contribution in [3.8, 4) is 0 Å².